The van der Waals surface area contributed by atoms with Crippen LogP contribution in [0.1, 0.15) is 22.7 Å². The lowest BCUT2D eigenvalue weighted by Gasteiger charge is -2.20. The van der Waals surface area contributed by atoms with Gasteiger partial charge in [0.1, 0.15) is 0 Å². The number of nitrogens with zero attached hydrogens (tertiary/aromatic N) is 2. The predicted molar refractivity (Wildman–Crippen MR) is 68.6 cm³/mol. The first kappa shape index (κ1) is 10.5. The van der Waals surface area contributed by atoms with Crippen molar-refractivity contribution in [2.24, 2.45) is 0 Å². The molecule has 17 heavy (non-hydrogen) atoms. The number of aromatic nitrogens is 1. The van der Waals surface area contributed by atoms with Gasteiger partial charge >= 0.3 is 0 Å². The summed E-state index contributed by atoms with van der Waals surface area (Å²) in [5, 5.41) is 0. The first-order valence-corrected chi connectivity index (χ1v) is 6.01. The van der Waals surface area contributed by atoms with Gasteiger partial charge in [-0.1, -0.05) is 24.3 Å². The summed E-state index contributed by atoms with van der Waals surface area (Å²) in [6.45, 7) is 1.06. The van der Waals surface area contributed by atoms with Gasteiger partial charge in [-0.05, 0) is 42.3 Å². The van der Waals surface area contributed by atoms with Gasteiger partial charge in [0.05, 0.1) is 0 Å². The summed E-state index contributed by atoms with van der Waals surface area (Å²) in [5.74, 6) is 0. The second kappa shape index (κ2) is 4.30. The number of rotatable bonds is 2. The molecule has 0 aliphatic carbocycles. The number of hydrogen-bond donors (Lipinski definition) is 0. The Labute approximate surface area is 102 Å². The number of hydrogen-bond acceptors (Lipinski definition) is 2. The molecule has 2 heteroatoms. The van der Waals surface area contributed by atoms with Gasteiger partial charge in [0.25, 0.3) is 0 Å². The minimum atomic E-state index is 0.508. The maximum absolute atomic E-state index is 4.07. The second-order valence-corrected chi connectivity index (χ2v) is 4.69. The quantitative estimate of drug-likeness (QED) is 0.779. The molecular formula is C15H16N2. The topological polar surface area (TPSA) is 16.1 Å². The average Bonchev–Trinajstić information content (AvgIpc) is 2.68. The van der Waals surface area contributed by atoms with Crippen molar-refractivity contribution in [2.45, 2.75) is 19.0 Å². The molecule has 0 fully saturated rings. The van der Waals surface area contributed by atoms with Crippen molar-refractivity contribution < 1.29 is 0 Å². The molecule has 0 N–H and O–H groups in total. The molecular weight excluding hydrogens is 208 g/mol. The van der Waals surface area contributed by atoms with Crippen LogP contribution in [0.2, 0.25) is 0 Å². The smallest absolute Gasteiger partial charge is 0.0392 e. The van der Waals surface area contributed by atoms with Gasteiger partial charge in [0, 0.05) is 25.0 Å². The van der Waals surface area contributed by atoms with E-state index in [-0.39, 0.29) is 0 Å². The number of fused-ring (bicyclic) bond motifs is 1. The average molecular weight is 224 g/mol. The van der Waals surface area contributed by atoms with Crippen LogP contribution >= 0.6 is 0 Å². The third kappa shape index (κ3) is 1.96. The minimum Gasteiger partial charge on any atom is -0.295 e. The highest BCUT2D eigenvalue weighted by molar-refractivity contribution is 5.35. The molecule has 1 aliphatic rings. The van der Waals surface area contributed by atoms with E-state index in [0.717, 1.165) is 13.0 Å². The van der Waals surface area contributed by atoms with E-state index in [9.17, 15) is 0 Å². The molecule has 1 aromatic carbocycles. The summed E-state index contributed by atoms with van der Waals surface area (Å²) >= 11 is 0. The van der Waals surface area contributed by atoms with E-state index in [1.807, 2.05) is 12.4 Å². The fourth-order valence-corrected chi connectivity index (χ4v) is 2.63. The molecule has 1 unspecified atom stereocenters. The lowest BCUT2D eigenvalue weighted by atomic mass is 9.99. The highest BCUT2D eigenvalue weighted by Gasteiger charge is 2.26. The maximum Gasteiger partial charge on any atom is 0.0392 e. The third-order valence-corrected chi connectivity index (χ3v) is 3.54. The third-order valence-electron chi connectivity index (χ3n) is 3.54. The highest BCUT2D eigenvalue weighted by Crippen LogP contribution is 2.34. The first-order chi connectivity index (χ1) is 8.34. The molecule has 2 nitrogen and oxygen atoms in total. The molecule has 0 amide bonds. The highest BCUT2D eigenvalue weighted by atomic mass is 15.1. The van der Waals surface area contributed by atoms with E-state index in [1.165, 1.54) is 16.7 Å². The van der Waals surface area contributed by atoms with Gasteiger partial charge in [0.15, 0.2) is 0 Å². The van der Waals surface area contributed by atoms with Gasteiger partial charge in [0.2, 0.25) is 0 Å². The maximum atomic E-state index is 4.07. The summed E-state index contributed by atoms with van der Waals surface area (Å²) in [6, 6.07) is 13.5. The van der Waals surface area contributed by atoms with Crippen molar-refractivity contribution in [3.8, 4) is 0 Å². The molecule has 3 rings (SSSR count). The van der Waals surface area contributed by atoms with Crippen molar-refractivity contribution in [2.75, 3.05) is 7.05 Å². The molecule has 0 spiro atoms. The van der Waals surface area contributed by atoms with Gasteiger partial charge in [-0.3, -0.25) is 9.88 Å². The first-order valence-electron chi connectivity index (χ1n) is 6.01. The number of benzene rings is 1. The van der Waals surface area contributed by atoms with Crippen LogP contribution in [-0.2, 0) is 13.0 Å². The Morgan fingerprint density at radius 2 is 1.94 bits per heavy atom. The fraction of sp³-hybridized carbons (Fsp3) is 0.267. The zero-order valence-electron chi connectivity index (χ0n) is 10.0. The molecule has 1 atom stereocenters. The lowest BCUT2D eigenvalue weighted by molar-refractivity contribution is 0.267. The largest absolute Gasteiger partial charge is 0.295 e. The Kier molecular flexibility index (Phi) is 2.65. The molecule has 1 aromatic heterocycles. The van der Waals surface area contributed by atoms with Gasteiger partial charge < -0.3 is 0 Å². The van der Waals surface area contributed by atoms with Gasteiger partial charge in [-0.15, -0.1) is 0 Å². The Hall–Kier alpha value is -1.67. The monoisotopic (exact) mass is 224 g/mol. The van der Waals surface area contributed by atoms with Crippen LogP contribution in [0.25, 0.3) is 0 Å². The van der Waals surface area contributed by atoms with E-state index < -0.39 is 0 Å². The number of pyridine rings is 1. The van der Waals surface area contributed by atoms with Crippen molar-refractivity contribution in [1.82, 2.24) is 9.88 Å². The van der Waals surface area contributed by atoms with Gasteiger partial charge in [-0.25, -0.2) is 0 Å². The van der Waals surface area contributed by atoms with Gasteiger partial charge in [-0.2, -0.15) is 0 Å². The van der Waals surface area contributed by atoms with Crippen LogP contribution in [0, 0.1) is 0 Å². The van der Waals surface area contributed by atoms with Crippen molar-refractivity contribution in [3.05, 3.63) is 65.5 Å². The SMILES string of the molecule is CN1Cc2ccccc2C1Cc1ccncc1. The van der Waals surface area contributed by atoms with E-state index in [0.29, 0.717) is 6.04 Å². The van der Waals surface area contributed by atoms with Crippen LogP contribution in [-0.4, -0.2) is 16.9 Å². The van der Waals surface area contributed by atoms with Crippen molar-refractivity contribution >= 4 is 0 Å². The van der Waals surface area contributed by atoms with Crippen molar-refractivity contribution in [1.29, 1.82) is 0 Å². The second-order valence-electron chi connectivity index (χ2n) is 4.69. The van der Waals surface area contributed by atoms with Crippen LogP contribution < -0.4 is 0 Å². The summed E-state index contributed by atoms with van der Waals surface area (Å²) in [5.41, 5.74) is 4.30. The van der Waals surface area contributed by atoms with Crippen molar-refractivity contribution in [3.63, 3.8) is 0 Å². The van der Waals surface area contributed by atoms with Crippen LogP contribution in [0.4, 0.5) is 0 Å². The summed E-state index contributed by atoms with van der Waals surface area (Å²) in [7, 11) is 2.20. The normalized spacial score (nSPS) is 19.2. The summed E-state index contributed by atoms with van der Waals surface area (Å²) in [6.07, 6.45) is 4.81. The molecule has 0 bridgehead atoms. The van der Waals surface area contributed by atoms with E-state index in [1.54, 1.807) is 0 Å². The minimum absolute atomic E-state index is 0.508. The molecule has 0 saturated carbocycles. The van der Waals surface area contributed by atoms with Crippen LogP contribution in [0.15, 0.2) is 48.8 Å². The van der Waals surface area contributed by atoms with Crippen LogP contribution in [0.3, 0.4) is 0 Å². The Bertz CT molecular complexity index is 507. The Morgan fingerprint density at radius 1 is 1.18 bits per heavy atom. The summed E-state index contributed by atoms with van der Waals surface area (Å²) < 4.78 is 0. The van der Waals surface area contributed by atoms with E-state index in [2.05, 4.69) is 53.3 Å². The van der Waals surface area contributed by atoms with Crippen LogP contribution in [0.5, 0.6) is 0 Å². The predicted octanol–water partition coefficient (Wildman–Crippen LogP) is 2.81. The zero-order chi connectivity index (χ0) is 11.7. The molecule has 86 valence electrons. The Morgan fingerprint density at radius 3 is 2.76 bits per heavy atom. The molecule has 0 radical (unpaired) electrons. The standard InChI is InChI=1S/C15H16N2/c1-17-11-13-4-2-3-5-14(13)15(17)10-12-6-8-16-9-7-12/h2-9,15H,10-11H2,1H3. The van der Waals surface area contributed by atoms with E-state index in [4.69, 9.17) is 0 Å². The Balaban J connectivity index is 1.89. The lowest BCUT2D eigenvalue weighted by Crippen LogP contribution is -2.18. The van der Waals surface area contributed by atoms with E-state index >= 15 is 0 Å². The molecule has 1 aliphatic heterocycles. The number of likely N-dealkylation sites (N-methyl/N-ethyl adjacent to an activating group) is 1. The molecule has 0 saturated heterocycles. The fourth-order valence-electron chi connectivity index (χ4n) is 2.63. The zero-order valence-corrected chi connectivity index (χ0v) is 10.0. The molecule has 2 heterocycles. The molecule has 2 aromatic rings. The summed E-state index contributed by atoms with van der Waals surface area (Å²) in [4.78, 5) is 6.49.